The number of allylic oxidation sites excluding steroid dienone is 4. The molecule has 0 aromatic heterocycles. The first-order valence-electron chi connectivity index (χ1n) is 8.61. The van der Waals surface area contributed by atoms with Gasteiger partial charge in [-0.05, 0) is 49.2 Å². The molecule has 0 nitrogen and oxygen atoms in total. The molecule has 3 aliphatic carbocycles. The molecule has 1 spiro atoms. The minimum atomic E-state index is -0.00764. The Balaban J connectivity index is 2.05. The lowest BCUT2D eigenvalue weighted by Gasteiger charge is -2.39. The Labute approximate surface area is 140 Å². The summed E-state index contributed by atoms with van der Waals surface area (Å²) in [5.74, 6) is 0. The maximum atomic E-state index is 2.43. The van der Waals surface area contributed by atoms with Crippen LogP contribution in [0.3, 0.4) is 0 Å². The largest absolute Gasteiger partial charge is 0.0751 e. The topological polar surface area (TPSA) is 0 Å². The van der Waals surface area contributed by atoms with Crippen LogP contribution in [0.4, 0.5) is 0 Å². The van der Waals surface area contributed by atoms with Crippen LogP contribution in [0, 0.1) is 10.4 Å². The van der Waals surface area contributed by atoms with Gasteiger partial charge < -0.3 is 0 Å². The Kier molecular flexibility index (Phi) is 2.17. The number of hydrogen-bond acceptors (Lipinski definition) is 0. The van der Waals surface area contributed by atoms with Crippen molar-refractivity contribution in [3.63, 3.8) is 0 Å². The van der Waals surface area contributed by atoms with Crippen LogP contribution in [0.15, 0.2) is 78.9 Å². The highest BCUT2D eigenvalue weighted by atomic mass is 14.4. The highest BCUT2D eigenvalue weighted by Crippen LogP contribution is 2.46. The Bertz CT molecular complexity index is 1320. The lowest BCUT2D eigenvalue weighted by Crippen LogP contribution is -2.37. The van der Waals surface area contributed by atoms with E-state index in [1.165, 1.54) is 42.8 Å². The van der Waals surface area contributed by atoms with Crippen molar-refractivity contribution in [3.8, 4) is 0 Å². The van der Waals surface area contributed by atoms with Crippen molar-refractivity contribution in [2.45, 2.75) is 11.8 Å². The van der Waals surface area contributed by atoms with Gasteiger partial charge in [-0.2, -0.15) is 0 Å². The van der Waals surface area contributed by atoms with E-state index in [0.717, 1.165) is 6.42 Å². The van der Waals surface area contributed by atoms with Gasteiger partial charge >= 0.3 is 0 Å². The zero-order valence-corrected chi connectivity index (χ0v) is 13.3. The summed E-state index contributed by atoms with van der Waals surface area (Å²) in [5.41, 5.74) is 2.95. The van der Waals surface area contributed by atoms with Crippen LogP contribution in [0.1, 0.15) is 12.0 Å². The van der Waals surface area contributed by atoms with Crippen molar-refractivity contribution in [1.29, 1.82) is 0 Å². The molecule has 24 heavy (non-hydrogen) atoms. The molecule has 3 aromatic carbocycles. The molecule has 0 radical (unpaired) electrons. The van der Waals surface area contributed by atoms with Crippen LogP contribution in [0.2, 0.25) is 0 Å². The first-order valence-corrected chi connectivity index (χ1v) is 8.61. The number of fused-ring (bicyclic) bond motifs is 1. The maximum absolute atomic E-state index is 2.43. The minimum Gasteiger partial charge on any atom is -0.0751 e. The summed E-state index contributed by atoms with van der Waals surface area (Å²) in [5, 5.41) is 8.34. The Morgan fingerprint density at radius 2 is 1.67 bits per heavy atom. The quantitative estimate of drug-likeness (QED) is 0.592. The molecule has 0 heteroatoms. The smallest absolute Gasteiger partial charge is 0.0438 e. The van der Waals surface area contributed by atoms with Crippen molar-refractivity contribution in [2.75, 3.05) is 0 Å². The zero-order valence-electron chi connectivity index (χ0n) is 13.3. The van der Waals surface area contributed by atoms with Gasteiger partial charge in [0.05, 0.1) is 0 Å². The first kappa shape index (κ1) is 12.5. The van der Waals surface area contributed by atoms with Crippen molar-refractivity contribution < 1.29 is 0 Å². The second-order valence-corrected chi connectivity index (χ2v) is 6.99. The van der Waals surface area contributed by atoms with Crippen LogP contribution in [0.5, 0.6) is 0 Å². The van der Waals surface area contributed by atoms with Crippen LogP contribution in [0.25, 0.3) is 22.4 Å². The summed E-state index contributed by atoms with van der Waals surface area (Å²) in [6.45, 7) is 0. The summed E-state index contributed by atoms with van der Waals surface area (Å²) in [7, 11) is 0. The van der Waals surface area contributed by atoms with Gasteiger partial charge in [-0.25, -0.2) is 0 Å². The van der Waals surface area contributed by atoms with Gasteiger partial charge in [0, 0.05) is 5.41 Å². The van der Waals surface area contributed by atoms with E-state index in [0.29, 0.717) is 0 Å². The van der Waals surface area contributed by atoms with Crippen LogP contribution in [-0.4, -0.2) is 0 Å². The second-order valence-electron chi connectivity index (χ2n) is 6.99. The summed E-state index contributed by atoms with van der Waals surface area (Å²) < 4.78 is 0. The number of rotatable bonds is 0. The number of hydrogen-bond donors (Lipinski definition) is 0. The lowest BCUT2D eigenvalue weighted by molar-refractivity contribution is 0.707. The summed E-state index contributed by atoms with van der Waals surface area (Å²) in [6.07, 6.45) is 12.6. The van der Waals surface area contributed by atoms with E-state index >= 15 is 0 Å². The molecule has 112 valence electrons. The van der Waals surface area contributed by atoms with E-state index in [1.54, 1.807) is 0 Å². The molecule has 0 bridgehead atoms. The normalized spacial score (nSPS) is 22.1. The fraction of sp³-hybridized carbons (Fsp3) is 0.0833. The summed E-state index contributed by atoms with van der Waals surface area (Å²) in [4.78, 5) is 0. The third kappa shape index (κ3) is 1.32. The van der Waals surface area contributed by atoms with Crippen molar-refractivity contribution in [3.05, 3.63) is 105 Å². The predicted octanol–water partition coefficient (Wildman–Crippen LogP) is 3.84. The molecule has 1 atom stereocenters. The van der Waals surface area contributed by atoms with Crippen LogP contribution < -0.4 is 10.4 Å². The Hall–Kier alpha value is -2.86. The molecule has 6 rings (SSSR count). The Morgan fingerprint density at radius 3 is 2.62 bits per heavy atom. The summed E-state index contributed by atoms with van der Waals surface area (Å²) in [6, 6.07) is 20.2. The van der Waals surface area contributed by atoms with Crippen molar-refractivity contribution in [1.82, 2.24) is 0 Å². The third-order valence-electron chi connectivity index (χ3n) is 5.91. The monoisotopic (exact) mass is 304 g/mol. The van der Waals surface area contributed by atoms with Gasteiger partial charge in [0.25, 0.3) is 0 Å². The van der Waals surface area contributed by atoms with Gasteiger partial charge in [0.2, 0.25) is 0 Å². The number of benzene rings is 3. The zero-order chi connectivity index (χ0) is 15.7. The molecular formula is C24H16. The average Bonchev–Trinajstić information content (AvgIpc) is 2.66. The minimum absolute atomic E-state index is 0.00764. The Morgan fingerprint density at radius 1 is 0.750 bits per heavy atom. The molecule has 0 heterocycles. The van der Waals surface area contributed by atoms with E-state index in [9.17, 15) is 0 Å². The molecule has 1 unspecified atom stereocenters. The molecule has 0 saturated carbocycles. The van der Waals surface area contributed by atoms with E-state index in [-0.39, 0.29) is 5.41 Å². The van der Waals surface area contributed by atoms with Gasteiger partial charge in [-0.15, -0.1) is 0 Å². The van der Waals surface area contributed by atoms with Gasteiger partial charge in [0.1, 0.15) is 0 Å². The van der Waals surface area contributed by atoms with Crippen molar-refractivity contribution in [2.24, 2.45) is 0 Å². The van der Waals surface area contributed by atoms with Gasteiger partial charge in [-0.3, -0.25) is 0 Å². The van der Waals surface area contributed by atoms with E-state index in [2.05, 4.69) is 85.0 Å². The van der Waals surface area contributed by atoms with E-state index < -0.39 is 0 Å². The highest BCUT2D eigenvalue weighted by Gasteiger charge is 2.39. The fourth-order valence-electron chi connectivity index (χ4n) is 4.93. The average molecular weight is 304 g/mol. The molecule has 0 saturated heterocycles. The van der Waals surface area contributed by atoms with Crippen LogP contribution >= 0.6 is 0 Å². The van der Waals surface area contributed by atoms with Crippen LogP contribution in [-0.2, 0) is 5.41 Å². The SMILES string of the molecule is C1=CC2=c3ccccc3=c3ccc4cccc5c4c3C2(C=C1)CC=5. The third-order valence-corrected chi connectivity index (χ3v) is 5.91. The van der Waals surface area contributed by atoms with Gasteiger partial charge in [-0.1, -0.05) is 85.0 Å². The molecular weight excluding hydrogens is 288 g/mol. The second kappa shape index (κ2) is 4.15. The fourth-order valence-corrected chi connectivity index (χ4v) is 4.93. The molecule has 0 amide bonds. The molecule has 0 N–H and O–H groups in total. The molecule has 0 aliphatic heterocycles. The highest BCUT2D eigenvalue weighted by molar-refractivity contribution is 5.94. The first-order chi connectivity index (χ1) is 11.9. The van der Waals surface area contributed by atoms with Gasteiger partial charge in [0.15, 0.2) is 0 Å². The molecule has 3 aliphatic rings. The molecule has 3 aromatic rings. The predicted molar refractivity (Wildman–Crippen MR) is 99.8 cm³/mol. The van der Waals surface area contributed by atoms with E-state index in [4.69, 9.17) is 0 Å². The van der Waals surface area contributed by atoms with E-state index in [1.807, 2.05) is 0 Å². The lowest BCUT2D eigenvalue weighted by atomic mass is 9.63. The standard InChI is InChI=1S/C24H16/c1-2-9-19-18(8-1)20-12-11-16-6-5-7-17-13-15-24(23(20)22(16)17)14-4-3-10-21(19)24/h1-14H,15H2. The van der Waals surface area contributed by atoms with Crippen molar-refractivity contribution >= 4 is 22.4 Å². The molecule has 0 fully saturated rings. The summed E-state index contributed by atoms with van der Waals surface area (Å²) >= 11 is 0. The maximum Gasteiger partial charge on any atom is 0.0438 e.